The fourth-order valence-corrected chi connectivity index (χ4v) is 8.35. The van der Waals surface area contributed by atoms with E-state index in [1.807, 2.05) is 114 Å². The van der Waals surface area contributed by atoms with Gasteiger partial charge in [0.25, 0.3) is 5.91 Å². The van der Waals surface area contributed by atoms with Gasteiger partial charge in [-0.3, -0.25) is 24.1 Å². The molecule has 0 aliphatic heterocycles. The molecule has 6 aromatic heterocycles. The van der Waals surface area contributed by atoms with Crippen LogP contribution in [0.15, 0.2) is 163 Å². The van der Waals surface area contributed by atoms with Crippen molar-refractivity contribution in [3.05, 3.63) is 180 Å². The third kappa shape index (κ3) is 14.4. The third-order valence-corrected chi connectivity index (χ3v) is 15.0. The SMILES string of the molecule is CC(C)(C)S(N)=O.Cn1cc(-c2cc3c(-c4ccc(NC(=O)C(=NS(=O)C(C)(C)C)c5ccc(Cl)cc5)cc4)ncnn3c2)cn1.Cn1cc(-c2cc3c(-c4ccc(NC(=O)C(N)c5ccc(Cl)cc5)cc4)ncnn3c2)cn1. The molecule has 0 saturated carbocycles. The first-order valence-electron chi connectivity index (χ1n) is 24.4. The molecule has 10 aromatic rings. The Bertz CT molecular complexity index is 3860. The topological polar surface area (TPSA) is 253 Å². The van der Waals surface area contributed by atoms with Gasteiger partial charge in [0.05, 0.1) is 55.3 Å². The summed E-state index contributed by atoms with van der Waals surface area (Å²) in [5.74, 6) is -0.776. The van der Waals surface area contributed by atoms with E-state index >= 15 is 0 Å². The van der Waals surface area contributed by atoms with Crippen LogP contribution in [0.3, 0.4) is 0 Å². The molecular formula is C56H57Cl2N15O4S2. The zero-order valence-corrected chi connectivity index (χ0v) is 47.5. The highest BCUT2D eigenvalue weighted by Crippen LogP contribution is 2.31. The van der Waals surface area contributed by atoms with Crippen LogP contribution in [-0.4, -0.2) is 84.2 Å². The van der Waals surface area contributed by atoms with E-state index in [9.17, 15) is 18.0 Å². The highest BCUT2D eigenvalue weighted by molar-refractivity contribution is 7.85. The molecule has 4 aromatic carbocycles. The van der Waals surface area contributed by atoms with E-state index < -0.39 is 38.7 Å². The van der Waals surface area contributed by atoms with Crippen LogP contribution in [0.25, 0.3) is 55.8 Å². The molecule has 6 N–H and O–H groups in total. The van der Waals surface area contributed by atoms with Gasteiger partial charge in [0.1, 0.15) is 35.4 Å². The lowest BCUT2D eigenvalue weighted by Crippen LogP contribution is -2.27. The van der Waals surface area contributed by atoms with Crippen LogP contribution in [0.1, 0.15) is 58.7 Å². The summed E-state index contributed by atoms with van der Waals surface area (Å²) in [4.78, 5) is 34.8. The van der Waals surface area contributed by atoms with E-state index in [1.165, 1.54) is 12.7 Å². The molecule has 23 heteroatoms. The Morgan fingerprint density at radius 2 is 1.01 bits per heavy atom. The summed E-state index contributed by atoms with van der Waals surface area (Å²) in [5.41, 5.74) is 17.6. The van der Waals surface area contributed by atoms with Crippen molar-refractivity contribution in [3.8, 4) is 44.8 Å². The fraction of sp³-hybridized carbons (Fsp3) is 0.196. The lowest BCUT2D eigenvalue weighted by molar-refractivity contribution is -0.117. The number of hydrogen-bond acceptors (Lipinski definition) is 11. The lowest BCUT2D eigenvalue weighted by atomic mass is 10.1. The lowest BCUT2D eigenvalue weighted by Gasteiger charge is -2.15. The molecule has 79 heavy (non-hydrogen) atoms. The van der Waals surface area contributed by atoms with Crippen LogP contribution >= 0.6 is 23.2 Å². The summed E-state index contributed by atoms with van der Waals surface area (Å²) in [7, 11) is 0.941. The van der Waals surface area contributed by atoms with Crippen LogP contribution in [0, 0.1) is 0 Å². The molecular weight excluding hydrogens is 1080 g/mol. The molecule has 406 valence electrons. The number of rotatable bonds is 11. The van der Waals surface area contributed by atoms with E-state index in [2.05, 4.69) is 45.4 Å². The second-order valence-corrected chi connectivity index (χ2v) is 24.6. The predicted octanol–water partition coefficient (Wildman–Crippen LogP) is 9.84. The van der Waals surface area contributed by atoms with Gasteiger partial charge >= 0.3 is 0 Å². The number of nitrogens with two attached hydrogens (primary N) is 2. The van der Waals surface area contributed by atoms with E-state index in [0.29, 0.717) is 32.5 Å². The molecule has 0 bridgehead atoms. The second-order valence-electron chi connectivity index (χ2n) is 20.0. The number of carbonyl (C=O) groups excluding carboxylic acids is 2. The molecule has 6 heterocycles. The molecule has 0 aliphatic rings. The minimum absolute atomic E-state index is 0.0672. The minimum atomic E-state index is -1.63. The molecule has 19 nitrogen and oxygen atoms in total. The quantitative estimate of drug-likeness (QED) is 0.0887. The first-order chi connectivity index (χ1) is 37.5. The van der Waals surface area contributed by atoms with Gasteiger partial charge in [0, 0.05) is 99.2 Å². The average molecular weight is 1140 g/mol. The van der Waals surface area contributed by atoms with Gasteiger partial charge in [-0.2, -0.15) is 24.8 Å². The predicted molar refractivity (Wildman–Crippen MR) is 315 cm³/mol. The number of hydrogen-bond donors (Lipinski definition) is 4. The molecule has 3 unspecified atom stereocenters. The van der Waals surface area contributed by atoms with Crippen molar-refractivity contribution < 1.29 is 18.0 Å². The van der Waals surface area contributed by atoms with Crippen LogP contribution < -0.4 is 21.5 Å². The number of aromatic nitrogens is 10. The van der Waals surface area contributed by atoms with Gasteiger partial charge in [-0.1, -0.05) is 71.7 Å². The van der Waals surface area contributed by atoms with Crippen LogP contribution in [0.2, 0.25) is 10.0 Å². The van der Waals surface area contributed by atoms with E-state index in [0.717, 1.165) is 55.8 Å². The number of carbonyl (C=O) groups is 2. The Morgan fingerprint density at radius 3 is 1.42 bits per heavy atom. The zero-order valence-electron chi connectivity index (χ0n) is 44.4. The summed E-state index contributed by atoms with van der Waals surface area (Å²) in [6.45, 7) is 10.9. The molecule has 2 amide bonds. The van der Waals surface area contributed by atoms with Gasteiger partial charge in [-0.25, -0.2) is 27.4 Å². The number of fused-ring (bicyclic) bond motifs is 2. The molecule has 0 fully saturated rings. The van der Waals surface area contributed by atoms with Crippen LogP contribution in [0.5, 0.6) is 0 Å². The number of aryl methyl sites for hydroxylation is 2. The van der Waals surface area contributed by atoms with Gasteiger partial charge in [0.2, 0.25) is 5.91 Å². The highest BCUT2D eigenvalue weighted by atomic mass is 35.5. The molecule has 0 spiro atoms. The number of nitrogens with one attached hydrogen (secondary N) is 2. The molecule has 3 atom stereocenters. The maximum Gasteiger partial charge on any atom is 0.275 e. The number of nitrogens with zero attached hydrogens (tertiary/aromatic N) is 11. The second kappa shape index (κ2) is 24.3. The Labute approximate surface area is 471 Å². The molecule has 10 rings (SSSR count). The van der Waals surface area contributed by atoms with Crippen LogP contribution in [-0.2, 0) is 45.7 Å². The van der Waals surface area contributed by atoms with Gasteiger partial charge < -0.3 is 16.4 Å². The number of anilines is 2. The van der Waals surface area contributed by atoms with Crippen molar-refractivity contribution in [3.63, 3.8) is 0 Å². The van der Waals surface area contributed by atoms with Crippen molar-refractivity contribution >= 4 is 85.1 Å². The Morgan fingerprint density at radius 1 is 0.582 bits per heavy atom. The largest absolute Gasteiger partial charge is 0.324 e. The van der Waals surface area contributed by atoms with E-state index in [4.69, 9.17) is 34.1 Å². The smallest absolute Gasteiger partial charge is 0.275 e. The monoisotopic (exact) mass is 1140 g/mol. The average Bonchev–Trinajstić information content (AvgIpc) is 4.32. The van der Waals surface area contributed by atoms with Crippen molar-refractivity contribution in [1.29, 1.82) is 0 Å². The Balaban J connectivity index is 0.000000188. The molecule has 0 radical (unpaired) electrons. The first-order valence-corrected chi connectivity index (χ1v) is 27.5. The third-order valence-electron chi connectivity index (χ3n) is 11.9. The first kappa shape index (κ1) is 57.1. The summed E-state index contributed by atoms with van der Waals surface area (Å²) in [6, 6.07) is 31.7. The number of halogens is 2. The van der Waals surface area contributed by atoms with E-state index in [-0.39, 0.29) is 16.4 Å². The summed E-state index contributed by atoms with van der Waals surface area (Å²) in [6.07, 6.45) is 14.4. The molecule has 0 saturated heterocycles. The van der Waals surface area contributed by atoms with Crippen molar-refractivity contribution in [2.24, 2.45) is 29.4 Å². The summed E-state index contributed by atoms with van der Waals surface area (Å²) in [5, 5.41) is 29.0. The van der Waals surface area contributed by atoms with Crippen molar-refractivity contribution in [1.82, 2.24) is 48.8 Å². The zero-order chi connectivity index (χ0) is 56.8. The van der Waals surface area contributed by atoms with Gasteiger partial charge in [0.15, 0.2) is 0 Å². The number of benzene rings is 4. The number of amides is 2. The summed E-state index contributed by atoms with van der Waals surface area (Å²) >= 11 is 11.9. The molecule has 0 aliphatic carbocycles. The fourth-order valence-electron chi connectivity index (χ4n) is 7.47. The van der Waals surface area contributed by atoms with Crippen molar-refractivity contribution in [2.45, 2.75) is 57.1 Å². The van der Waals surface area contributed by atoms with E-state index in [1.54, 1.807) is 106 Å². The summed E-state index contributed by atoms with van der Waals surface area (Å²) < 4.78 is 33.6. The van der Waals surface area contributed by atoms with Crippen molar-refractivity contribution in [2.75, 3.05) is 10.6 Å². The van der Waals surface area contributed by atoms with Crippen LogP contribution in [0.4, 0.5) is 11.4 Å². The Kier molecular flexibility index (Phi) is 17.6. The minimum Gasteiger partial charge on any atom is -0.324 e. The van der Waals surface area contributed by atoms with Gasteiger partial charge in [-0.15, -0.1) is 0 Å². The highest BCUT2D eigenvalue weighted by Gasteiger charge is 2.24. The maximum atomic E-state index is 13.3. The Hall–Kier alpha value is -8.05. The van der Waals surface area contributed by atoms with Gasteiger partial charge in [-0.05, 0) is 108 Å². The normalized spacial score (nSPS) is 12.9. The standard InChI is InChI=1S/C28H26ClN7O2S.C24H20ClN7O.C4H11NOS/c1-28(2,3)39(38)34-26(19-5-9-22(29)10-6-19)27(37)33-23-11-7-18(8-12-23)25-24-13-20(16-36(24)32-17-30-25)21-14-31-35(4)15-21;1-31-12-18(11-28-31)17-10-21-23(27-14-29-32(21)13-17)16-4-8-20(9-5-16)30-24(33)22(26)15-2-6-19(25)7-3-15;1-4(2,3)7(5)6/h5-17H,1-4H3,(H,33,37);2-14,22H,26H2,1H3,(H,30,33);5H2,1-3H3. The maximum absolute atomic E-state index is 13.3.